The molecule has 0 saturated carbocycles. The first-order chi connectivity index (χ1) is 12.9. The summed E-state index contributed by atoms with van der Waals surface area (Å²) in [6.07, 6.45) is 2.18. The molecule has 0 aromatic heterocycles. The molecular formula is C20H27N3O3S. The van der Waals surface area contributed by atoms with Crippen LogP contribution in [0.15, 0.2) is 58.4 Å². The van der Waals surface area contributed by atoms with Crippen molar-refractivity contribution in [3.8, 4) is 5.75 Å². The predicted molar refractivity (Wildman–Crippen MR) is 109 cm³/mol. The lowest BCUT2D eigenvalue weighted by Crippen LogP contribution is -2.39. The Bertz CT molecular complexity index is 862. The highest BCUT2D eigenvalue weighted by molar-refractivity contribution is 7.90. The maximum Gasteiger partial charge on any atom is 0.191 e. The van der Waals surface area contributed by atoms with Gasteiger partial charge in [-0.05, 0) is 41.8 Å². The van der Waals surface area contributed by atoms with E-state index in [-0.39, 0.29) is 4.90 Å². The van der Waals surface area contributed by atoms with E-state index < -0.39 is 9.84 Å². The number of ether oxygens (including phenoxy) is 1. The van der Waals surface area contributed by atoms with Gasteiger partial charge >= 0.3 is 0 Å². The summed E-state index contributed by atoms with van der Waals surface area (Å²) in [6.45, 7) is 3.86. The summed E-state index contributed by atoms with van der Waals surface area (Å²) >= 11 is 0. The molecule has 6 nitrogen and oxygen atoms in total. The lowest BCUT2D eigenvalue weighted by Gasteiger charge is -2.14. The van der Waals surface area contributed by atoms with E-state index in [1.165, 1.54) is 17.4 Å². The van der Waals surface area contributed by atoms with Gasteiger partial charge in [0.1, 0.15) is 12.4 Å². The minimum atomic E-state index is -3.19. The molecule has 0 aliphatic carbocycles. The van der Waals surface area contributed by atoms with Gasteiger partial charge in [-0.3, -0.25) is 4.99 Å². The molecular weight excluding hydrogens is 362 g/mol. The Labute approximate surface area is 161 Å². The molecule has 0 aliphatic heterocycles. The van der Waals surface area contributed by atoms with Gasteiger partial charge in [0.15, 0.2) is 15.8 Å². The first-order valence-electron chi connectivity index (χ1n) is 8.88. The average molecular weight is 390 g/mol. The molecule has 0 heterocycles. The summed E-state index contributed by atoms with van der Waals surface area (Å²) in [5.41, 5.74) is 2.58. The molecule has 0 bridgehead atoms. The number of aliphatic imine (C=N–C) groups is 1. The second kappa shape index (κ2) is 9.97. The van der Waals surface area contributed by atoms with Crippen molar-refractivity contribution in [1.29, 1.82) is 0 Å². The Morgan fingerprint density at radius 1 is 1.04 bits per heavy atom. The van der Waals surface area contributed by atoms with Gasteiger partial charge < -0.3 is 15.4 Å². The minimum Gasteiger partial charge on any atom is -0.492 e. The third-order valence-electron chi connectivity index (χ3n) is 4.08. The number of rotatable bonds is 8. The predicted octanol–water partition coefficient (Wildman–Crippen LogP) is 2.40. The van der Waals surface area contributed by atoms with Crippen molar-refractivity contribution in [3.63, 3.8) is 0 Å². The van der Waals surface area contributed by atoms with Gasteiger partial charge in [0.05, 0.1) is 11.4 Å². The van der Waals surface area contributed by atoms with Crippen molar-refractivity contribution in [2.75, 3.05) is 26.5 Å². The van der Waals surface area contributed by atoms with Gasteiger partial charge in [-0.25, -0.2) is 8.42 Å². The molecule has 2 rings (SSSR count). The molecule has 2 N–H and O–H groups in total. The normalized spacial score (nSPS) is 11.9. The first-order valence-corrected chi connectivity index (χ1v) is 10.8. The van der Waals surface area contributed by atoms with Gasteiger partial charge in [0, 0.05) is 19.8 Å². The standard InChI is InChI=1S/C20H27N3O3S/c1-4-16-7-5-6-8-17(16)15-23-20(21-2)22-13-14-26-18-9-11-19(12-10-18)27(3,24)25/h5-12H,4,13-15H2,1-3H3,(H2,21,22,23). The van der Waals surface area contributed by atoms with Gasteiger partial charge in [-0.1, -0.05) is 31.2 Å². The molecule has 0 saturated heterocycles. The summed E-state index contributed by atoms with van der Waals surface area (Å²) in [5.74, 6) is 1.33. The van der Waals surface area contributed by atoms with Gasteiger partial charge in [0.2, 0.25) is 0 Å². The summed E-state index contributed by atoms with van der Waals surface area (Å²) < 4.78 is 28.5. The Morgan fingerprint density at radius 3 is 2.30 bits per heavy atom. The minimum absolute atomic E-state index is 0.282. The fraction of sp³-hybridized carbons (Fsp3) is 0.350. The van der Waals surface area contributed by atoms with Crippen LogP contribution in [0, 0.1) is 0 Å². The summed E-state index contributed by atoms with van der Waals surface area (Å²) in [4.78, 5) is 4.50. The zero-order chi connectivity index (χ0) is 19.7. The molecule has 0 unspecified atom stereocenters. The summed E-state index contributed by atoms with van der Waals surface area (Å²) in [7, 11) is -1.46. The third-order valence-corrected chi connectivity index (χ3v) is 5.21. The van der Waals surface area contributed by atoms with Crippen LogP contribution in [0.1, 0.15) is 18.1 Å². The zero-order valence-electron chi connectivity index (χ0n) is 16.0. The third kappa shape index (κ3) is 6.60. The molecule has 7 heteroatoms. The number of nitrogens with one attached hydrogen (secondary N) is 2. The van der Waals surface area contributed by atoms with E-state index in [0.29, 0.717) is 31.4 Å². The largest absolute Gasteiger partial charge is 0.492 e. The maximum absolute atomic E-state index is 11.4. The second-order valence-corrected chi connectivity index (χ2v) is 8.08. The van der Waals surface area contributed by atoms with E-state index in [0.717, 1.165) is 6.42 Å². The second-order valence-electron chi connectivity index (χ2n) is 6.07. The molecule has 0 amide bonds. The zero-order valence-corrected chi connectivity index (χ0v) is 16.8. The SMILES string of the molecule is CCc1ccccc1CNC(=NC)NCCOc1ccc(S(C)(=O)=O)cc1. The molecule has 2 aromatic carbocycles. The molecule has 0 radical (unpaired) electrons. The van der Waals surface area contributed by atoms with Gasteiger partial charge in [0.25, 0.3) is 0 Å². The number of hydrogen-bond acceptors (Lipinski definition) is 4. The van der Waals surface area contributed by atoms with Crippen LogP contribution >= 0.6 is 0 Å². The fourth-order valence-corrected chi connectivity index (χ4v) is 3.23. The Balaban J connectivity index is 1.76. The lowest BCUT2D eigenvalue weighted by atomic mass is 10.1. The van der Waals surface area contributed by atoms with E-state index in [1.54, 1.807) is 31.3 Å². The van der Waals surface area contributed by atoms with E-state index in [4.69, 9.17) is 4.74 Å². The van der Waals surface area contributed by atoms with Gasteiger partial charge in [-0.2, -0.15) is 0 Å². The number of aryl methyl sites for hydroxylation is 1. The fourth-order valence-electron chi connectivity index (χ4n) is 2.60. The van der Waals surface area contributed by atoms with Crippen LogP contribution in [0.4, 0.5) is 0 Å². The number of nitrogens with zero attached hydrogens (tertiary/aromatic N) is 1. The van der Waals surface area contributed by atoms with Crippen molar-refractivity contribution in [3.05, 3.63) is 59.7 Å². The topological polar surface area (TPSA) is 79.8 Å². The van der Waals surface area contributed by atoms with Crippen LogP contribution in [0.3, 0.4) is 0 Å². The molecule has 0 atom stereocenters. The van der Waals surface area contributed by atoms with Crippen molar-refractivity contribution in [2.45, 2.75) is 24.8 Å². The molecule has 146 valence electrons. The average Bonchev–Trinajstić information content (AvgIpc) is 2.67. The molecule has 0 fully saturated rings. The highest BCUT2D eigenvalue weighted by atomic mass is 32.2. The van der Waals surface area contributed by atoms with Crippen molar-refractivity contribution in [1.82, 2.24) is 10.6 Å². The van der Waals surface area contributed by atoms with Crippen LogP contribution in [0.5, 0.6) is 5.75 Å². The number of sulfone groups is 1. The number of guanidine groups is 1. The van der Waals surface area contributed by atoms with E-state index in [1.807, 2.05) is 6.07 Å². The van der Waals surface area contributed by atoms with Crippen LogP contribution in [-0.2, 0) is 22.8 Å². The lowest BCUT2D eigenvalue weighted by molar-refractivity contribution is 0.321. The number of hydrogen-bond donors (Lipinski definition) is 2. The smallest absolute Gasteiger partial charge is 0.191 e. The quantitative estimate of drug-likeness (QED) is 0.412. The molecule has 0 aliphatic rings. The van der Waals surface area contributed by atoms with Crippen molar-refractivity contribution >= 4 is 15.8 Å². The maximum atomic E-state index is 11.4. The van der Waals surface area contributed by atoms with Gasteiger partial charge in [-0.15, -0.1) is 0 Å². The van der Waals surface area contributed by atoms with Crippen molar-refractivity contribution < 1.29 is 13.2 Å². The Morgan fingerprint density at radius 2 is 1.70 bits per heavy atom. The van der Waals surface area contributed by atoms with E-state index in [9.17, 15) is 8.42 Å². The van der Waals surface area contributed by atoms with Crippen LogP contribution in [-0.4, -0.2) is 40.8 Å². The molecule has 27 heavy (non-hydrogen) atoms. The van der Waals surface area contributed by atoms with Crippen LogP contribution in [0.2, 0.25) is 0 Å². The molecule has 0 spiro atoms. The van der Waals surface area contributed by atoms with E-state index >= 15 is 0 Å². The first kappa shape index (κ1) is 20.8. The number of benzene rings is 2. The Hall–Kier alpha value is -2.54. The van der Waals surface area contributed by atoms with Crippen molar-refractivity contribution in [2.24, 2.45) is 4.99 Å². The van der Waals surface area contributed by atoms with E-state index in [2.05, 4.69) is 40.7 Å². The summed E-state index contributed by atoms with van der Waals surface area (Å²) in [6, 6.07) is 14.7. The molecule has 2 aromatic rings. The monoisotopic (exact) mass is 389 g/mol. The highest BCUT2D eigenvalue weighted by Crippen LogP contribution is 2.15. The Kier molecular flexibility index (Phi) is 7.67. The summed E-state index contributed by atoms with van der Waals surface area (Å²) in [5, 5.41) is 6.50. The van der Waals surface area contributed by atoms with Crippen LogP contribution < -0.4 is 15.4 Å². The highest BCUT2D eigenvalue weighted by Gasteiger charge is 2.06. The van der Waals surface area contributed by atoms with Crippen LogP contribution in [0.25, 0.3) is 0 Å².